The van der Waals surface area contributed by atoms with Crippen molar-refractivity contribution in [2.24, 2.45) is 0 Å². The minimum atomic E-state index is -4.69. The number of allylic oxidation sites excluding steroid dienone is 12. The number of carbonyl (C=O) groups excluding carboxylic acids is 3. The third-order valence-corrected chi connectivity index (χ3v) is 9.64. The average Bonchev–Trinajstić information content (AvgIpc) is 3.15. The molecule has 11 heteroatoms. The normalized spacial score (nSPS) is 14.2. The molecule has 10 nitrogen and oxygen atoms in total. The van der Waals surface area contributed by atoms with Gasteiger partial charge in [0.2, 0.25) is 0 Å². The summed E-state index contributed by atoms with van der Waals surface area (Å²) >= 11 is 0. The Hall–Kier alpha value is -2.88. The van der Waals surface area contributed by atoms with E-state index in [1.807, 2.05) is 33.3 Å². The summed E-state index contributed by atoms with van der Waals surface area (Å²) in [5.74, 6) is -1.22. The number of rotatable bonds is 38. The van der Waals surface area contributed by atoms with Gasteiger partial charge in [0.05, 0.1) is 27.7 Å². The Labute approximate surface area is 346 Å². The molecule has 0 rings (SSSR count). The molecule has 0 aliphatic rings. The van der Waals surface area contributed by atoms with Crippen molar-refractivity contribution in [3.8, 4) is 0 Å². The summed E-state index contributed by atoms with van der Waals surface area (Å²) in [6.07, 6.45) is 42.2. The number of ether oxygens (including phenoxy) is 2. The number of nitrogens with zero attached hydrogens (tertiary/aromatic N) is 1. The van der Waals surface area contributed by atoms with Crippen molar-refractivity contribution in [3.63, 3.8) is 0 Å². The average molecular weight is 820 g/mol. The minimum Gasteiger partial charge on any atom is -0.756 e. The maximum absolute atomic E-state index is 12.7. The highest BCUT2D eigenvalue weighted by atomic mass is 31.2. The van der Waals surface area contributed by atoms with E-state index in [2.05, 4.69) is 62.5 Å². The minimum absolute atomic E-state index is 0.0189. The predicted octanol–water partition coefficient (Wildman–Crippen LogP) is 10.8. The molecule has 0 saturated heterocycles. The second-order valence-corrected chi connectivity index (χ2v) is 16.8. The van der Waals surface area contributed by atoms with Gasteiger partial charge in [-0.1, -0.05) is 126 Å². The molecular weight excluding hydrogens is 741 g/mol. The van der Waals surface area contributed by atoms with Crippen LogP contribution >= 0.6 is 7.82 Å². The zero-order valence-electron chi connectivity index (χ0n) is 36.3. The molecule has 0 saturated carbocycles. The Morgan fingerprint density at radius 1 is 0.596 bits per heavy atom. The third-order valence-electron chi connectivity index (χ3n) is 8.68. The molecule has 1 unspecified atom stereocenters. The Kier molecular flexibility index (Phi) is 35.5. The van der Waals surface area contributed by atoms with Crippen LogP contribution in [-0.2, 0) is 37.5 Å². The van der Waals surface area contributed by atoms with Crippen molar-refractivity contribution in [2.45, 2.75) is 155 Å². The Balaban J connectivity index is 4.61. The third kappa shape index (κ3) is 41.1. The van der Waals surface area contributed by atoms with Crippen LogP contribution in [0.25, 0.3) is 0 Å². The smallest absolute Gasteiger partial charge is 0.306 e. The van der Waals surface area contributed by atoms with Crippen molar-refractivity contribution >= 4 is 25.5 Å². The van der Waals surface area contributed by atoms with Gasteiger partial charge >= 0.3 is 11.9 Å². The number of likely N-dealkylation sites (N-methyl/N-ethyl adjacent to an activating group) is 1. The summed E-state index contributed by atoms with van der Waals surface area (Å²) < 4.78 is 33.6. The van der Waals surface area contributed by atoms with E-state index in [4.69, 9.17) is 18.5 Å². The standard InChI is InChI=1S/C46H78NO9P/c1-6-8-10-12-14-16-18-20-21-23-25-27-29-31-33-37-46(50)56-44(42-55-57(51,52)54-40-39-47(3,4)5)41-53-45(49)38-34-36-43(48)35-32-30-28-26-24-22-19-17-15-13-11-9-7-2/h14-17,20-22,24,28,30,32,35,44H,6-13,18-19,23,25-27,29,31,33-34,36-42H2,1-5H3/b16-14-,17-15-,21-20-,24-22-,30-28-,35-32+/t44-/m1/s1. The van der Waals surface area contributed by atoms with Crippen LogP contribution in [0, 0.1) is 0 Å². The van der Waals surface area contributed by atoms with Crippen LogP contribution in [0.4, 0.5) is 0 Å². The van der Waals surface area contributed by atoms with Gasteiger partial charge < -0.3 is 27.9 Å². The van der Waals surface area contributed by atoms with Crippen molar-refractivity contribution in [1.29, 1.82) is 0 Å². The van der Waals surface area contributed by atoms with E-state index in [0.717, 1.165) is 64.2 Å². The van der Waals surface area contributed by atoms with E-state index in [0.29, 0.717) is 17.4 Å². The predicted molar refractivity (Wildman–Crippen MR) is 231 cm³/mol. The van der Waals surface area contributed by atoms with Crippen molar-refractivity contribution in [2.75, 3.05) is 47.5 Å². The fourth-order valence-electron chi connectivity index (χ4n) is 5.22. The Bertz CT molecular complexity index is 1260. The fraction of sp³-hybridized carbons (Fsp3) is 0.674. The molecule has 0 aliphatic heterocycles. The van der Waals surface area contributed by atoms with Gasteiger partial charge in [0.15, 0.2) is 11.9 Å². The fourth-order valence-corrected chi connectivity index (χ4v) is 5.95. The molecule has 0 aromatic rings. The highest BCUT2D eigenvalue weighted by molar-refractivity contribution is 7.45. The van der Waals surface area contributed by atoms with Crippen LogP contribution in [-0.4, -0.2) is 75.8 Å². The van der Waals surface area contributed by atoms with Crippen LogP contribution in [0.3, 0.4) is 0 Å². The van der Waals surface area contributed by atoms with Gasteiger partial charge in [-0.15, -0.1) is 0 Å². The maximum atomic E-state index is 12.7. The highest BCUT2D eigenvalue weighted by Gasteiger charge is 2.21. The van der Waals surface area contributed by atoms with Gasteiger partial charge in [0, 0.05) is 19.3 Å². The van der Waals surface area contributed by atoms with Gasteiger partial charge in [0.1, 0.15) is 19.8 Å². The van der Waals surface area contributed by atoms with Crippen LogP contribution in [0.15, 0.2) is 72.9 Å². The zero-order chi connectivity index (χ0) is 42.3. The first-order valence-corrected chi connectivity index (χ1v) is 23.1. The van der Waals surface area contributed by atoms with Crippen molar-refractivity contribution in [3.05, 3.63) is 72.9 Å². The van der Waals surface area contributed by atoms with Gasteiger partial charge in [-0.05, 0) is 76.7 Å². The quantitative estimate of drug-likeness (QED) is 0.0114. The monoisotopic (exact) mass is 820 g/mol. The SMILES string of the molecule is CCCCC/C=C\C/C=C\C/C=C\C=C\C(=O)CCCC(=O)OC[C@H](COP(=O)([O-])OCC[N+](C)(C)C)OC(=O)CCCCCCC/C=C\C/C=C\CCCCC. The molecule has 0 fully saturated rings. The lowest BCUT2D eigenvalue weighted by Gasteiger charge is -2.28. The maximum Gasteiger partial charge on any atom is 0.306 e. The number of hydrogen-bond donors (Lipinski definition) is 0. The van der Waals surface area contributed by atoms with Crippen LogP contribution in [0.1, 0.15) is 149 Å². The Morgan fingerprint density at radius 2 is 1.12 bits per heavy atom. The number of hydrogen-bond acceptors (Lipinski definition) is 9. The number of unbranched alkanes of at least 4 members (excludes halogenated alkanes) is 11. The second kappa shape index (κ2) is 37.4. The molecule has 0 N–H and O–H groups in total. The van der Waals surface area contributed by atoms with Gasteiger partial charge in [-0.25, -0.2) is 0 Å². The number of carbonyl (C=O) groups is 3. The van der Waals surface area contributed by atoms with E-state index < -0.39 is 32.5 Å². The molecule has 326 valence electrons. The van der Waals surface area contributed by atoms with Gasteiger partial charge in [-0.2, -0.15) is 0 Å². The van der Waals surface area contributed by atoms with E-state index >= 15 is 0 Å². The van der Waals surface area contributed by atoms with Gasteiger partial charge in [-0.3, -0.25) is 18.9 Å². The summed E-state index contributed by atoms with van der Waals surface area (Å²) in [7, 11) is 1.02. The zero-order valence-corrected chi connectivity index (χ0v) is 37.1. The van der Waals surface area contributed by atoms with E-state index in [9.17, 15) is 23.8 Å². The van der Waals surface area contributed by atoms with Gasteiger partial charge in [0.25, 0.3) is 7.82 Å². The lowest BCUT2D eigenvalue weighted by molar-refractivity contribution is -0.870. The van der Waals surface area contributed by atoms with Crippen LogP contribution in [0.2, 0.25) is 0 Å². The number of esters is 2. The van der Waals surface area contributed by atoms with Crippen LogP contribution in [0.5, 0.6) is 0 Å². The molecule has 2 atom stereocenters. The molecule has 0 aromatic carbocycles. The largest absolute Gasteiger partial charge is 0.756 e. The number of quaternary nitrogens is 1. The summed E-state index contributed by atoms with van der Waals surface area (Å²) in [5.41, 5.74) is 0. The first-order valence-electron chi connectivity index (χ1n) is 21.6. The molecule has 0 heterocycles. The summed E-state index contributed by atoms with van der Waals surface area (Å²) in [6, 6.07) is 0. The molecular formula is C46H78NO9P. The summed E-state index contributed by atoms with van der Waals surface area (Å²) in [5, 5.41) is 0. The highest BCUT2D eigenvalue weighted by Crippen LogP contribution is 2.38. The molecule has 0 aromatic heterocycles. The van der Waals surface area contributed by atoms with E-state index in [1.165, 1.54) is 44.6 Å². The Morgan fingerprint density at radius 3 is 1.72 bits per heavy atom. The second-order valence-electron chi connectivity index (χ2n) is 15.4. The molecule has 0 bridgehead atoms. The first-order chi connectivity index (χ1) is 27.4. The van der Waals surface area contributed by atoms with E-state index in [1.54, 1.807) is 6.08 Å². The van der Waals surface area contributed by atoms with Crippen molar-refractivity contribution < 1.29 is 46.8 Å². The summed E-state index contributed by atoms with van der Waals surface area (Å²) in [6.45, 7) is 3.85. The van der Waals surface area contributed by atoms with Crippen LogP contribution < -0.4 is 4.89 Å². The van der Waals surface area contributed by atoms with E-state index in [-0.39, 0.29) is 44.7 Å². The molecule has 0 amide bonds. The topological polar surface area (TPSA) is 128 Å². The molecule has 0 spiro atoms. The lowest BCUT2D eigenvalue weighted by Crippen LogP contribution is -2.37. The molecule has 0 aliphatic carbocycles. The van der Waals surface area contributed by atoms with Crippen molar-refractivity contribution in [1.82, 2.24) is 0 Å². The summed E-state index contributed by atoms with van der Waals surface area (Å²) in [4.78, 5) is 49.7. The number of phosphoric ester groups is 1. The first kappa shape index (κ1) is 54.1. The molecule has 0 radical (unpaired) electrons. The molecule has 57 heavy (non-hydrogen) atoms. The number of phosphoric acid groups is 1. The lowest BCUT2D eigenvalue weighted by atomic mass is 10.1. The number of ketones is 1.